The fourth-order valence-corrected chi connectivity index (χ4v) is 4.01. The number of rotatable bonds is 6. The van der Waals surface area contributed by atoms with Gasteiger partial charge in [-0.2, -0.15) is 5.10 Å². The predicted molar refractivity (Wildman–Crippen MR) is 117 cm³/mol. The van der Waals surface area contributed by atoms with Crippen molar-refractivity contribution in [2.75, 3.05) is 5.32 Å². The first-order valence-corrected chi connectivity index (χ1v) is 11.0. The quantitative estimate of drug-likeness (QED) is 0.686. The molecule has 0 aromatic carbocycles. The van der Waals surface area contributed by atoms with Crippen LogP contribution in [0.5, 0.6) is 0 Å². The van der Waals surface area contributed by atoms with Crippen LogP contribution in [0, 0.1) is 6.92 Å². The summed E-state index contributed by atoms with van der Waals surface area (Å²) in [5.41, 5.74) is 2.39. The van der Waals surface area contributed by atoms with Crippen molar-refractivity contribution < 1.29 is 4.79 Å². The number of carbonyl (C=O) groups is 1. The predicted octanol–water partition coefficient (Wildman–Crippen LogP) is 3.55. The lowest BCUT2D eigenvalue weighted by molar-refractivity contribution is -0.122. The van der Waals surface area contributed by atoms with Gasteiger partial charge in [0, 0.05) is 25.0 Å². The molecule has 2 aromatic rings. The number of aromatic nitrogens is 3. The average Bonchev–Trinajstić information content (AvgIpc) is 2.68. The van der Waals surface area contributed by atoms with Crippen LogP contribution in [0.2, 0.25) is 0 Å². The molecule has 3 rings (SSSR count). The van der Waals surface area contributed by atoms with Gasteiger partial charge in [-0.3, -0.25) is 14.6 Å². The third-order valence-electron chi connectivity index (χ3n) is 5.36. The number of nitrogens with one attached hydrogen (secondary N) is 2. The topological polar surface area (TPSA) is 88.9 Å². The van der Waals surface area contributed by atoms with Crippen molar-refractivity contribution in [3.8, 4) is 0 Å². The van der Waals surface area contributed by atoms with Crippen LogP contribution < -0.4 is 16.2 Å². The number of pyridine rings is 1. The van der Waals surface area contributed by atoms with Crippen LogP contribution in [0.25, 0.3) is 0 Å². The van der Waals surface area contributed by atoms with Gasteiger partial charge in [0.25, 0.3) is 5.56 Å². The third kappa shape index (κ3) is 6.13. The van der Waals surface area contributed by atoms with Gasteiger partial charge in [-0.05, 0) is 52.9 Å². The number of nitrogens with zero attached hydrogens (tertiary/aromatic N) is 3. The number of aryl methyl sites for hydroxylation is 1. The van der Waals surface area contributed by atoms with Crippen LogP contribution >= 0.6 is 15.9 Å². The Hall–Kier alpha value is -2.22. The van der Waals surface area contributed by atoms with Crippen LogP contribution in [0.15, 0.2) is 33.9 Å². The van der Waals surface area contributed by atoms with Gasteiger partial charge in [0.2, 0.25) is 5.91 Å². The standard InChI is InChI=1S/C21H28BrN5O2/c1-15-11-23-10-9-16(15)12-24-19(28)14-27-21(29)20(22)18(13-25-27)26-17-7-5-3-2-4-6-8-17/h9-11,13,17,26H,2-8,12,14H2,1H3,(H,24,28). The zero-order valence-electron chi connectivity index (χ0n) is 16.8. The minimum Gasteiger partial charge on any atom is -0.380 e. The van der Waals surface area contributed by atoms with E-state index in [4.69, 9.17) is 0 Å². The number of hydrogen-bond donors (Lipinski definition) is 2. The highest BCUT2D eigenvalue weighted by Crippen LogP contribution is 2.23. The third-order valence-corrected chi connectivity index (χ3v) is 6.12. The van der Waals surface area contributed by atoms with Crippen LogP contribution in [-0.2, 0) is 17.9 Å². The average molecular weight is 462 g/mol. The molecule has 0 saturated heterocycles. The molecule has 0 radical (unpaired) electrons. The molecule has 29 heavy (non-hydrogen) atoms. The first-order valence-electron chi connectivity index (χ1n) is 10.2. The zero-order valence-corrected chi connectivity index (χ0v) is 18.4. The number of hydrogen-bond acceptors (Lipinski definition) is 5. The van der Waals surface area contributed by atoms with Crippen molar-refractivity contribution in [3.05, 3.63) is 50.6 Å². The maximum absolute atomic E-state index is 12.6. The van der Waals surface area contributed by atoms with Gasteiger partial charge in [-0.15, -0.1) is 0 Å². The van der Waals surface area contributed by atoms with Crippen LogP contribution in [0.3, 0.4) is 0 Å². The Kier molecular flexibility index (Phi) is 7.80. The van der Waals surface area contributed by atoms with Crippen LogP contribution in [0.1, 0.15) is 56.1 Å². The fraction of sp³-hybridized carbons (Fsp3) is 0.524. The normalized spacial score (nSPS) is 15.4. The summed E-state index contributed by atoms with van der Waals surface area (Å²) in [5.74, 6) is -0.261. The van der Waals surface area contributed by atoms with Crippen LogP contribution in [0.4, 0.5) is 5.69 Å². The summed E-state index contributed by atoms with van der Waals surface area (Å²) < 4.78 is 1.61. The molecule has 0 atom stereocenters. The second-order valence-corrected chi connectivity index (χ2v) is 8.39. The van der Waals surface area contributed by atoms with E-state index in [1.54, 1.807) is 18.6 Å². The van der Waals surface area contributed by atoms with Gasteiger partial charge in [0.1, 0.15) is 11.0 Å². The Morgan fingerprint density at radius 1 is 1.21 bits per heavy atom. The first-order chi connectivity index (χ1) is 14.0. The van der Waals surface area contributed by atoms with E-state index in [1.807, 2.05) is 13.0 Å². The smallest absolute Gasteiger partial charge is 0.283 e. The second kappa shape index (κ2) is 10.5. The molecule has 2 aromatic heterocycles. The van der Waals surface area contributed by atoms with E-state index in [9.17, 15) is 9.59 Å². The Balaban J connectivity index is 1.60. The molecule has 0 spiro atoms. The molecule has 2 N–H and O–H groups in total. The van der Waals surface area contributed by atoms with E-state index < -0.39 is 0 Å². The second-order valence-electron chi connectivity index (χ2n) is 7.60. The maximum Gasteiger partial charge on any atom is 0.283 e. The van der Waals surface area contributed by atoms with Crippen molar-refractivity contribution in [3.63, 3.8) is 0 Å². The minimum absolute atomic E-state index is 0.120. The Morgan fingerprint density at radius 3 is 2.66 bits per heavy atom. The lowest BCUT2D eigenvalue weighted by Gasteiger charge is -2.22. The summed E-state index contributed by atoms with van der Waals surface area (Å²) in [5, 5.41) is 10.5. The van der Waals surface area contributed by atoms with E-state index in [2.05, 4.69) is 36.6 Å². The Labute approximate surface area is 179 Å². The molecule has 1 fully saturated rings. The van der Waals surface area contributed by atoms with E-state index in [0.29, 0.717) is 22.7 Å². The van der Waals surface area contributed by atoms with Crippen molar-refractivity contribution in [2.45, 2.75) is 71.0 Å². The molecule has 156 valence electrons. The molecular weight excluding hydrogens is 434 g/mol. The highest BCUT2D eigenvalue weighted by molar-refractivity contribution is 9.10. The first kappa shape index (κ1) is 21.5. The van der Waals surface area contributed by atoms with Gasteiger partial charge in [-0.1, -0.05) is 32.1 Å². The molecule has 1 amide bonds. The van der Waals surface area contributed by atoms with Crippen molar-refractivity contribution in [1.82, 2.24) is 20.1 Å². The molecule has 1 aliphatic rings. The molecule has 0 aliphatic heterocycles. The lowest BCUT2D eigenvalue weighted by atomic mass is 9.96. The summed E-state index contributed by atoms with van der Waals surface area (Å²) in [4.78, 5) is 29.0. The van der Waals surface area contributed by atoms with E-state index >= 15 is 0 Å². The number of carbonyl (C=O) groups excluding carboxylic acids is 1. The highest BCUT2D eigenvalue weighted by atomic mass is 79.9. The molecule has 7 nitrogen and oxygen atoms in total. The van der Waals surface area contributed by atoms with Gasteiger partial charge in [-0.25, -0.2) is 4.68 Å². The largest absolute Gasteiger partial charge is 0.380 e. The summed E-state index contributed by atoms with van der Waals surface area (Å²) in [6, 6.07) is 2.22. The van der Waals surface area contributed by atoms with E-state index in [1.165, 1.54) is 36.8 Å². The lowest BCUT2D eigenvalue weighted by Crippen LogP contribution is -2.34. The van der Waals surface area contributed by atoms with Gasteiger partial charge < -0.3 is 10.6 Å². The van der Waals surface area contributed by atoms with Gasteiger partial charge in [0.15, 0.2) is 0 Å². The van der Waals surface area contributed by atoms with Crippen molar-refractivity contribution >= 4 is 27.5 Å². The minimum atomic E-state index is -0.309. The van der Waals surface area contributed by atoms with Gasteiger partial charge in [0.05, 0.1) is 11.9 Å². The molecule has 8 heteroatoms. The monoisotopic (exact) mass is 461 g/mol. The summed E-state index contributed by atoms with van der Waals surface area (Å²) >= 11 is 3.39. The fourth-order valence-electron chi connectivity index (χ4n) is 3.58. The Morgan fingerprint density at radius 2 is 1.93 bits per heavy atom. The molecule has 0 unspecified atom stereocenters. The van der Waals surface area contributed by atoms with E-state index in [-0.39, 0.29) is 18.0 Å². The molecular formula is C21H28BrN5O2. The van der Waals surface area contributed by atoms with Gasteiger partial charge >= 0.3 is 0 Å². The summed E-state index contributed by atoms with van der Waals surface area (Å²) in [6.45, 7) is 2.22. The molecule has 1 aliphatic carbocycles. The molecule has 2 heterocycles. The summed E-state index contributed by atoms with van der Waals surface area (Å²) in [6.07, 6.45) is 13.6. The molecule has 0 bridgehead atoms. The number of anilines is 1. The van der Waals surface area contributed by atoms with Crippen LogP contribution in [-0.4, -0.2) is 26.7 Å². The Bertz CT molecular complexity index is 891. The number of amides is 1. The van der Waals surface area contributed by atoms with Crippen molar-refractivity contribution in [2.24, 2.45) is 0 Å². The SMILES string of the molecule is Cc1cnccc1CNC(=O)Cn1ncc(NC2CCCCCCC2)c(Br)c1=O. The summed E-state index contributed by atoms with van der Waals surface area (Å²) in [7, 11) is 0. The zero-order chi connectivity index (χ0) is 20.6. The van der Waals surface area contributed by atoms with E-state index in [0.717, 1.165) is 24.0 Å². The number of halogens is 1. The highest BCUT2D eigenvalue weighted by Gasteiger charge is 2.16. The van der Waals surface area contributed by atoms with Crippen molar-refractivity contribution in [1.29, 1.82) is 0 Å². The molecule has 1 saturated carbocycles. The maximum atomic E-state index is 12.6.